The number of benzene rings is 2. The van der Waals surface area contributed by atoms with Crippen LogP contribution < -0.4 is 20.3 Å². The van der Waals surface area contributed by atoms with E-state index in [-0.39, 0.29) is 25.3 Å². The number of carbonyl (C=O) groups excluding carboxylic acids is 2. The average molecular weight is 494 g/mol. The Kier molecular flexibility index (Phi) is 7.58. The van der Waals surface area contributed by atoms with Crippen LogP contribution in [0.2, 0.25) is 0 Å². The molecule has 0 radical (unpaired) electrons. The molecule has 10 nitrogen and oxygen atoms in total. The van der Waals surface area contributed by atoms with Gasteiger partial charge in [-0.1, -0.05) is 18.2 Å². The molecule has 2 amide bonds. The highest BCUT2D eigenvalue weighted by Crippen LogP contribution is 2.21. The molecule has 0 saturated carbocycles. The third-order valence-electron chi connectivity index (χ3n) is 4.99. The minimum atomic E-state index is -0.580. The van der Waals surface area contributed by atoms with Crippen molar-refractivity contribution >= 4 is 24.0 Å². The maximum atomic E-state index is 12.3. The number of aromatic amines is 1. The van der Waals surface area contributed by atoms with Gasteiger partial charge >= 0.3 is 5.91 Å². The quantitative estimate of drug-likeness (QED) is 0.240. The topological polar surface area (TPSA) is 123 Å². The number of furan rings is 1. The summed E-state index contributed by atoms with van der Waals surface area (Å²) in [5.74, 6) is 1.55. The fraction of sp³-hybridized carbons (Fsp3) is 0.167. The number of H-pyrrole nitrogens is 1. The third kappa shape index (κ3) is 6.15. The lowest BCUT2D eigenvalue weighted by atomic mass is 10.2. The summed E-state index contributed by atoms with van der Waals surface area (Å²) in [4.78, 5) is 24.6. The van der Waals surface area contributed by atoms with Crippen LogP contribution in [0.15, 0.2) is 71.1 Å². The minimum Gasteiger partial charge on any atom is -0.497 e. The van der Waals surface area contributed by atoms with Gasteiger partial charge in [-0.3, -0.25) is 30.1 Å². The zero-order valence-electron chi connectivity index (χ0n) is 18.8. The van der Waals surface area contributed by atoms with Crippen molar-refractivity contribution in [3.63, 3.8) is 0 Å². The first-order valence-corrected chi connectivity index (χ1v) is 11.1. The molecule has 180 valence electrons. The van der Waals surface area contributed by atoms with Crippen LogP contribution in [-0.2, 0) is 17.9 Å². The Bertz CT molecular complexity index is 1340. The Hall–Kier alpha value is -4.38. The van der Waals surface area contributed by atoms with Crippen LogP contribution in [0.3, 0.4) is 0 Å². The minimum absolute atomic E-state index is 0.0517. The van der Waals surface area contributed by atoms with E-state index in [0.29, 0.717) is 22.1 Å². The van der Waals surface area contributed by atoms with Gasteiger partial charge < -0.3 is 13.9 Å². The number of para-hydroxylation sites is 1. The Morgan fingerprint density at radius 1 is 1.03 bits per heavy atom. The van der Waals surface area contributed by atoms with Crippen LogP contribution in [0, 0.1) is 4.77 Å². The molecule has 0 atom stereocenters. The molecule has 0 fully saturated rings. The molecular weight excluding hydrogens is 470 g/mol. The highest BCUT2D eigenvalue weighted by atomic mass is 32.1. The molecule has 0 unspecified atom stereocenters. The molecule has 11 heteroatoms. The summed E-state index contributed by atoms with van der Waals surface area (Å²) in [5, 5.41) is 6.99. The van der Waals surface area contributed by atoms with Crippen molar-refractivity contribution in [3.05, 3.63) is 83.0 Å². The van der Waals surface area contributed by atoms with E-state index in [9.17, 15) is 9.59 Å². The number of hydrogen-bond donors (Lipinski definition) is 3. The van der Waals surface area contributed by atoms with Crippen LogP contribution in [0.4, 0.5) is 0 Å². The van der Waals surface area contributed by atoms with Gasteiger partial charge in [-0.15, -0.1) is 0 Å². The van der Waals surface area contributed by atoms with E-state index in [1.165, 1.54) is 6.07 Å². The van der Waals surface area contributed by atoms with E-state index < -0.39 is 11.8 Å². The second-order valence-electron chi connectivity index (χ2n) is 7.35. The van der Waals surface area contributed by atoms with Crippen LogP contribution in [-0.4, -0.2) is 33.7 Å². The van der Waals surface area contributed by atoms with Crippen molar-refractivity contribution < 1.29 is 23.5 Å². The molecule has 0 aliphatic rings. The molecule has 2 heterocycles. The second kappa shape index (κ2) is 11.2. The summed E-state index contributed by atoms with van der Waals surface area (Å²) >= 11 is 5.29. The van der Waals surface area contributed by atoms with Gasteiger partial charge in [0.15, 0.2) is 16.4 Å². The normalized spacial score (nSPS) is 10.5. The largest absolute Gasteiger partial charge is 0.497 e. The first-order chi connectivity index (χ1) is 17.0. The van der Waals surface area contributed by atoms with Crippen molar-refractivity contribution in [3.8, 4) is 22.9 Å². The van der Waals surface area contributed by atoms with Crippen molar-refractivity contribution in [2.45, 2.75) is 19.6 Å². The van der Waals surface area contributed by atoms with Gasteiger partial charge in [0.1, 0.15) is 23.9 Å². The van der Waals surface area contributed by atoms with E-state index in [0.717, 1.165) is 11.3 Å². The molecular formula is C24H23N5O5S. The van der Waals surface area contributed by atoms with Gasteiger partial charge in [0, 0.05) is 18.5 Å². The molecule has 0 aliphatic carbocycles. The predicted molar refractivity (Wildman–Crippen MR) is 129 cm³/mol. The molecule has 35 heavy (non-hydrogen) atoms. The monoisotopic (exact) mass is 493 g/mol. The lowest BCUT2D eigenvalue weighted by molar-refractivity contribution is -0.122. The molecule has 4 rings (SSSR count). The molecule has 0 saturated heterocycles. The number of nitrogens with one attached hydrogen (secondary N) is 3. The Balaban J connectivity index is 1.27. The molecule has 2 aromatic heterocycles. The number of ether oxygens (including phenoxy) is 2. The fourth-order valence-electron chi connectivity index (χ4n) is 3.20. The molecule has 3 N–H and O–H groups in total. The van der Waals surface area contributed by atoms with E-state index in [2.05, 4.69) is 21.0 Å². The van der Waals surface area contributed by atoms with Crippen molar-refractivity contribution in [1.82, 2.24) is 25.6 Å². The van der Waals surface area contributed by atoms with Crippen molar-refractivity contribution in [1.29, 1.82) is 0 Å². The van der Waals surface area contributed by atoms with Gasteiger partial charge in [-0.2, -0.15) is 5.10 Å². The Morgan fingerprint density at radius 3 is 2.54 bits per heavy atom. The van der Waals surface area contributed by atoms with Crippen molar-refractivity contribution in [2.75, 3.05) is 7.11 Å². The average Bonchev–Trinajstić information content (AvgIpc) is 3.52. The lowest BCUT2D eigenvalue weighted by Crippen LogP contribution is -2.41. The second-order valence-corrected chi connectivity index (χ2v) is 7.74. The zero-order chi connectivity index (χ0) is 24.6. The van der Waals surface area contributed by atoms with E-state index >= 15 is 0 Å². The zero-order valence-corrected chi connectivity index (χ0v) is 19.6. The number of hydrogen-bond acceptors (Lipinski definition) is 7. The standard InChI is InChI=1S/C24H23N5O5S/c1-32-17-9-7-16(8-10-17)22-26-28-24(35)29(22)14-13-21(30)25-27-23(31)20-12-11-19(34-20)15-33-18-5-3-2-4-6-18/h2-12H,13-15H2,1H3,(H,25,30)(H,27,31)(H,28,35). The molecule has 0 aliphatic heterocycles. The number of aromatic nitrogens is 3. The lowest BCUT2D eigenvalue weighted by Gasteiger charge is -2.09. The molecule has 2 aromatic carbocycles. The summed E-state index contributed by atoms with van der Waals surface area (Å²) < 4.78 is 18.3. The van der Waals surface area contributed by atoms with Gasteiger partial charge in [-0.05, 0) is 60.7 Å². The molecule has 4 aromatic rings. The van der Waals surface area contributed by atoms with Gasteiger partial charge in [0.25, 0.3) is 0 Å². The van der Waals surface area contributed by atoms with E-state index in [4.69, 9.17) is 26.1 Å². The van der Waals surface area contributed by atoms with Crippen LogP contribution in [0.1, 0.15) is 22.7 Å². The summed E-state index contributed by atoms with van der Waals surface area (Å²) in [5.41, 5.74) is 5.54. The smallest absolute Gasteiger partial charge is 0.305 e. The van der Waals surface area contributed by atoms with Crippen LogP contribution in [0.5, 0.6) is 11.5 Å². The van der Waals surface area contributed by atoms with Gasteiger partial charge in [0.05, 0.1) is 7.11 Å². The van der Waals surface area contributed by atoms with Crippen LogP contribution >= 0.6 is 12.2 Å². The maximum Gasteiger partial charge on any atom is 0.305 e. The maximum absolute atomic E-state index is 12.3. The number of rotatable bonds is 9. The van der Waals surface area contributed by atoms with Crippen LogP contribution in [0.25, 0.3) is 11.4 Å². The summed E-state index contributed by atoms with van der Waals surface area (Å²) in [6.45, 7) is 0.436. The van der Waals surface area contributed by atoms with Crippen molar-refractivity contribution in [2.24, 2.45) is 0 Å². The summed E-state index contributed by atoms with van der Waals surface area (Å²) in [6.07, 6.45) is 0.0611. The molecule has 0 spiro atoms. The number of amides is 2. The Morgan fingerprint density at radius 2 is 1.80 bits per heavy atom. The van der Waals surface area contributed by atoms with Gasteiger partial charge in [-0.25, -0.2) is 0 Å². The number of carbonyl (C=O) groups is 2. The van der Waals surface area contributed by atoms with Gasteiger partial charge in [0.2, 0.25) is 5.91 Å². The first-order valence-electron chi connectivity index (χ1n) is 10.7. The number of nitrogens with zero attached hydrogens (tertiary/aromatic N) is 2. The summed E-state index contributed by atoms with van der Waals surface area (Å²) in [6, 6.07) is 19.7. The Labute approximate surface area is 205 Å². The van der Waals surface area contributed by atoms with E-state index in [1.54, 1.807) is 17.7 Å². The highest BCUT2D eigenvalue weighted by molar-refractivity contribution is 7.71. The molecule has 0 bridgehead atoms. The predicted octanol–water partition coefficient (Wildman–Crippen LogP) is 3.64. The summed E-state index contributed by atoms with van der Waals surface area (Å²) in [7, 11) is 1.59. The highest BCUT2D eigenvalue weighted by Gasteiger charge is 2.14. The SMILES string of the molecule is COc1ccc(-c2n[nH]c(=S)n2CCC(=O)NNC(=O)c2ccc(COc3ccccc3)o2)cc1. The fourth-order valence-corrected chi connectivity index (χ4v) is 3.42. The van der Waals surface area contributed by atoms with E-state index in [1.807, 2.05) is 54.6 Å². The number of hydrazine groups is 1. The first kappa shape index (κ1) is 23.8. The number of methoxy groups -OCH3 is 1. The third-order valence-corrected chi connectivity index (χ3v) is 5.31.